The van der Waals surface area contributed by atoms with Crippen molar-refractivity contribution in [1.82, 2.24) is 14.9 Å². The minimum Gasteiger partial charge on any atom is -0.478 e. The van der Waals surface area contributed by atoms with Crippen molar-refractivity contribution >= 4 is 11.9 Å². The quantitative estimate of drug-likeness (QED) is 0.608. The highest BCUT2D eigenvalue weighted by molar-refractivity contribution is 5.95. The normalized spacial score (nSPS) is 10.2. The lowest BCUT2D eigenvalue weighted by Crippen LogP contribution is -2.14. The Balaban J connectivity index is 2.64. The first-order valence-electron chi connectivity index (χ1n) is 4.40. The summed E-state index contributed by atoms with van der Waals surface area (Å²) in [6.45, 7) is 0. The van der Waals surface area contributed by atoms with Crippen molar-refractivity contribution in [3.8, 4) is 11.4 Å². The van der Waals surface area contributed by atoms with Gasteiger partial charge in [0, 0.05) is 5.56 Å². The topological polar surface area (TPSA) is 120 Å². The van der Waals surface area contributed by atoms with E-state index in [0.717, 1.165) is 4.68 Å². The van der Waals surface area contributed by atoms with E-state index in [0.29, 0.717) is 5.56 Å². The molecule has 2 rings (SSSR count). The number of nitrogen functional groups attached to an aromatic ring is 2. The van der Waals surface area contributed by atoms with E-state index in [4.69, 9.17) is 16.7 Å². The van der Waals surface area contributed by atoms with Gasteiger partial charge in [0.2, 0.25) is 5.95 Å². The lowest BCUT2D eigenvalue weighted by atomic mass is 10.1. The van der Waals surface area contributed by atoms with E-state index < -0.39 is 5.97 Å². The number of carbonyl (C=O) groups is 1. The zero-order valence-electron chi connectivity index (χ0n) is 8.16. The molecule has 0 aliphatic carbocycles. The number of hydrogen-bond donors (Lipinski definition) is 3. The van der Waals surface area contributed by atoms with Crippen molar-refractivity contribution in [3.63, 3.8) is 0 Å². The molecule has 7 nitrogen and oxygen atoms in total. The number of carboxylic acids is 1. The van der Waals surface area contributed by atoms with Crippen LogP contribution in [0.25, 0.3) is 11.4 Å². The number of nitrogens with zero attached hydrogens (tertiary/aromatic N) is 3. The molecule has 0 atom stereocenters. The summed E-state index contributed by atoms with van der Waals surface area (Å²) in [6, 6.07) is 6.36. The summed E-state index contributed by atoms with van der Waals surface area (Å²) < 4.78 is 1.04. The minimum atomic E-state index is -1.06. The Labute approximate surface area is 90.3 Å². The maximum Gasteiger partial charge on any atom is 0.336 e. The van der Waals surface area contributed by atoms with E-state index in [1.165, 1.54) is 6.07 Å². The van der Waals surface area contributed by atoms with Gasteiger partial charge in [0.05, 0.1) is 5.56 Å². The first-order chi connectivity index (χ1) is 7.61. The van der Waals surface area contributed by atoms with Crippen LogP contribution in [0.3, 0.4) is 0 Å². The van der Waals surface area contributed by atoms with Crippen LogP contribution < -0.4 is 11.6 Å². The van der Waals surface area contributed by atoms with Gasteiger partial charge in [-0.3, -0.25) is 0 Å². The van der Waals surface area contributed by atoms with Gasteiger partial charge < -0.3 is 16.7 Å². The molecule has 2 aromatic rings. The highest BCUT2D eigenvalue weighted by atomic mass is 16.4. The number of aromatic carboxylic acids is 1. The summed E-state index contributed by atoms with van der Waals surface area (Å²) in [5, 5.41) is 16.3. The van der Waals surface area contributed by atoms with Crippen molar-refractivity contribution in [1.29, 1.82) is 0 Å². The molecule has 0 aliphatic rings. The van der Waals surface area contributed by atoms with Crippen molar-refractivity contribution < 1.29 is 9.90 Å². The van der Waals surface area contributed by atoms with Gasteiger partial charge in [0.15, 0.2) is 5.82 Å². The summed E-state index contributed by atoms with van der Waals surface area (Å²) in [5.74, 6) is 4.76. The Morgan fingerprint density at radius 1 is 1.31 bits per heavy atom. The molecule has 0 saturated heterocycles. The third-order valence-corrected chi connectivity index (χ3v) is 2.12. The lowest BCUT2D eigenvalue weighted by molar-refractivity contribution is 0.0697. The van der Waals surface area contributed by atoms with Gasteiger partial charge in [-0.1, -0.05) is 18.2 Å². The predicted molar refractivity (Wildman–Crippen MR) is 57.0 cm³/mol. The molecule has 1 heterocycles. The molecule has 0 radical (unpaired) electrons. The smallest absolute Gasteiger partial charge is 0.336 e. The van der Waals surface area contributed by atoms with Crippen LogP contribution in [-0.4, -0.2) is 25.9 Å². The first-order valence-corrected chi connectivity index (χ1v) is 4.40. The molecule has 16 heavy (non-hydrogen) atoms. The van der Waals surface area contributed by atoms with Crippen LogP contribution >= 0.6 is 0 Å². The second-order valence-electron chi connectivity index (χ2n) is 3.10. The highest BCUT2D eigenvalue weighted by Gasteiger charge is 2.16. The number of rotatable bonds is 2. The molecule has 0 amide bonds. The fourth-order valence-corrected chi connectivity index (χ4v) is 1.35. The molecular weight excluding hydrogens is 210 g/mol. The van der Waals surface area contributed by atoms with Crippen LogP contribution in [0, 0.1) is 0 Å². The molecule has 5 N–H and O–H groups in total. The summed E-state index contributed by atoms with van der Waals surface area (Å²) in [4.78, 5) is 11.0. The van der Waals surface area contributed by atoms with E-state index in [2.05, 4.69) is 10.2 Å². The van der Waals surface area contributed by atoms with E-state index in [9.17, 15) is 4.79 Å². The second-order valence-corrected chi connectivity index (χ2v) is 3.10. The Bertz CT molecular complexity index is 549. The van der Waals surface area contributed by atoms with Crippen LogP contribution in [0.1, 0.15) is 10.4 Å². The van der Waals surface area contributed by atoms with E-state index >= 15 is 0 Å². The first kappa shape index (κ1) is 9.97. The SMILES string of the molecule is Nc1nnc(-c2ccccc2C(=O)O)n1N. The fourth-order valence-electron chi connectivity index (χ4n) is 1.35. The van der Waals surface area contributed by atoms with Crippen LogP contribution in [0.15, 0.2) is 24.3 Å². The number of carboxylic acid groups (broad SMARTS) is 1. The average Bonchev–Trinajstić information content (AvgIpc) is 2.60. The third kappa shape index (κ3) is 1.44. The van der Waals surface area contributed by atoms with Crippen molar-refractivity contribution in [2.75, 3.05) is 11.6 Å². The largest absolute Gasteiger partial charge is 0.478 e. The molecule has 1 aromatic carbocycles. The monoisotopic (exact) mass is 219 g/mol. The zero-order valence-corrected chi connectivity index (χ0v) is 8.16. The van der Waals surface area contributed by atoms with Gasteiger partial charge >= 0.3 is 5.97 Å². The Hall–Kier alpha value is -2.57. The predicted octanol–water partition coefficient (Wildman–Crippen LogP) is -0.0607. The third-order valence-electron chi connectivity index (χ3n) is 2.12. The summed E-state index contributed by atoms with van der Waals surface area (Å²) >= 11 is 0. The molecule has 0 bridgehead atoms. The summed E-state index contributed by atoms with van der Waals surface area (Å²) in [7, 11) is 0. The maximum atomic E-state index is 11.0. The number of hydrogen-bond acceptors (Lipinski definition) is 5. The summed E-state index contributed by atoms with van der Waals surface area (Å²) in [5.41, 5.74) is 5.90. The van der Waals surface area contributed by atoms with Crippen molar-refractivity contribution in [2.45, 2.75) is 0 Å². The van der Waals surface area contributed by atoms with Gasteiger partial charge in [0.1, 0.15) is 0 Å². The highest BCUT2D eigenvalue weighted by Crippen LogP contribution is 2.21. The molecule has 0 fully saturated rings. The number of nitrogens with two attached hydrogens (primary N) is 2. The number of benzene rings is 1. The molecule has 82 valence electrons. The molecule has 0 saturated carbocycles. The van der Waals surface area contributed by atoms with E-state index in [1.807, 2.05) is 0 Å². The second kappa shape index (κ2) is 3.54. The van der Waals surface area contributed by atoms with Gasteiger partial charge in [-0.05, 0) is 6.07 Å². The lowest BCUT2D eigenvalue weighted by Gasteiger charge is -2.04. The Kier molecular flexibility index (Phi) is 2.20. The Morgan fingerprint density at radius 2 is 2.00 bits per heavy atom. The minimum absolute atomic E-state index is 0.0233. The van der Waals surface area contributed by atoms with Crippen LogP contribution in [0.5, 0.6) is 0 Å². The average molecular weight is 219 g/mol. The molecule has 1 aromatic heterocycles. The van der Waals surface area contributed by atoms with Crippen molar-refractivity contribution in [3.05, 3.63) is 29.8 Å². The molecular formula is C9H9N5O2. The van der Waals surface area contributed by atoms with E-state index in [-0.39, 0.29) is 17.3 Å². The number of anilines is 1. The zero-order chi connectivity index (χ0) is 11.7. The van der Waals surface area contributed by atoms with Crippen molar-refractivity contribution in [2.24, 2.45) is 0 Å². The van der Waals surface area contributed by atoms with E-state index in [1.54, 1.807) is 18.2 Å². The molecule has 0 aliphatic heterocycles. The number of aromatic nitrogens is 3. The van der Waals surface area contributed by atoms with Crippen LogP contribution in [-0.2, 0) is 0 Å². The van der Waals surface area contributed by atoms with Crippen LogP contribution in [0.2, 0.25) is 0 Å². The summed E-state index contributed by atoms with van der Waals surface area (Å²) in [6.07, 6.45) is 0. The fraction of sp³-hybridized carbons (Fsp3) is 0. The Morgan fingerprint density at radius 3 is 2.56 bits per heavy atom. The van der Waals surface area contributed by atoms with Gasteiger partial charge in [-0.15, -0.1) is 10.2 Å². The maximum absolute atomic E-state index is 11.0. The molecule has 7 heteroatoms. The van der Waals surface area contributed by atoms with Crippen LogP contribution in [0.4, 0.5) is 5.95 Å². The standard InChI is InChI=1S/C9H9N5O2/c10-9-13-12-7(14(9)11)5-3-1-2-4-6(5)8(15)16/h1-4H,11H2,(H2,10,13)(H,15,16). The molecule has 0 spiro atoms. The van der Waals surface area contributed by atoms with Gasteiger partial charge in [-0.25, -0.2) is 9.47 Å². The molecule has 0 unspecified atom stereocenters. The van der Waals surface area contributed by atoms with Gasteiger partial charge in [-0.2, -0.15) is 0 Å². The van der Waals surface area contributed by atoms with Gasteiger partial charge in [0.25, 0.3) is 0 Å².